The second kappa shape index (κ2) is 5.53. The van der Waals surface area contributed by atoms with Gasteiger partial charge in [-0.1, -0.05) is 0 Å². The van der Waals surface area contributed by atoms with Crippen LogP contribution in [0.3, 0.4) is 0 Å². The number of aryl methyl sites for hydroxylation is 1. The average Bonchev–Trinajstić information content (AvgIpc) is 3.16. The van der Waals surface area contributed by atoms with Crippen LogP contribution in [-0.2, 0) is 7.05 Å². The molecule has 1 saturated heterocycles. The van der Waals surface area contributed by atoms with Crippen molar-refractivity contribution >= 4 is 17.2 Å². The highest BCUT2D eigenvalue weighted by Gasteiger charge is 2.36. The molecule has 8 heteroatoms. The Kier molecular flexibility index (Phi) is 3.73. The molecule has 0 spiro atoms. The summed E-state index contributed by atoms with van der Waals surface area (Å²) in [7, 11) is 1.81. The van der Waals surface area contributed by atoms with Crippen LogP contribution in [0.25, 0.3) is 10.6 Å². The standard InChI is InChI=1S/C13H15FN4O2S/c1-17-4-8(3-15-17)12-16-11(7-21-12)13(20)18-5-9(14)2-10(18)6-19/h3-4,7,9-10,19H,2,5-6H2,1H3/t9-,10-/m0/s1. The highest BCUT2D eigenvalue weighted by molar-refractivity contribution is 7.13. The molecule has 6 nitrogen and oxygen atoms in total. The quantitative estimate of drug-likeness (QED) is 0.921. The van der Waals surface area contributed by atoms with Gasteiger partial charge in [-0.3, -0.25) is 9.48 Å². The lowest BCUT2D eigenvalue weighted by Crippen LogP contribution is -2.38. The molecule has 21 heavy (non-hydrogen) atoms. The van der Waals surface area contributed by atoms with Crippen molar-refractivity contribution in [2.24, 2.45) is 7.05 Å². The number of alkyl halides is 1. The number of hydrogen-bond donors (Lipinski definition) is 1. The molecule has 0 unspecified atom stereocenters. The first kappa shape index (κ1) is 14.2. The van der Waals surface area contributed by atoms with Crippen molar-refractivity contribution in [2.75, 3.05) is 13.2 Å². The van der Waals surface area contributed by atoms with Gasteiger partial charge in [-0.2, -0.15) is 5.10 Å². The molecule has 1 aliphatic heterocycles. The van der Waals surface area contributed by atoms with E-state index >= 15 is 0 Å². The third-order valence-electron chi connectivity index (χ3n) is 3.51. The SMILES string of the molecule is Cn1cc(-c2nc(C(=O)N3C[C@@H](F)C[C@H]3CO)cs2)cn1. The number of amides is 1. The summed E-state index contributed by atoms with van der Waals surface area (Å²) < 4.78 is 15.1. The molecule has 1 fully saturated rings. The molecular formula is C13H15FN4O2S. The van der Waals surface area contributed by atoms with Crippen molar-refractivity contribution in [3.05, 3.63) is 23.5 Å². The molecular weight excluding hydrogens is 295 g/mol. The largest absolute Gasteiger partial charge is 0.394 e. The maximum atomic E-state index is 13.4. The van der Waals surface area contributed by atoms with Crippen LogP contribution in [0.2, 0.25) is 0 Å². The van der Waals surface area contributed by atoms with Crippen molar-refractivity contribution in [2.45, 2.75) is 18.6 Å². The van der Waals surface area contributed by atoms with Crippen LogP contribution in [0.4, 0.5) is 4.39 Å². The predicted molar refractivity (Wildman–Crippen MR) is 75.7 cm³/mol. The van der Waals surface area contributed by atoms with Crippen LogP contribution in [-0.4, -0.2) is 56.0 Å². The molecule has 112 valence electrons. The molecule has 2 aromatic rings. The minimum absolute atomic E-state index is 0.0177. The van der Waals surface area contributed by atoms with Gasteiger partial charge in [0, 0.05) is 30.6 Å². The molecule has 3 heterocycles. The zero-order chi connectivity index (χ0) is 15.0. The fraction of sp³-hybridized carbons (Fsp3) is 0.462. The second-order valence-electron chi connectivity index (χ2n) is 5.07. The van der Waals surface area contributed by atoms with Gasteiger partial charge in [-0.05, 0) is 0 Å². The molecule has 0 bridgehead atoms. The van der Waals surface area contributed by atoms with Gasteiger partial charge in [0.2, 0.25) is 0 Å². The summed E-state index contributed by atoms with van der Waals surface area (Å²) in [6.07, 6.45) is 2.60. The number of aliphatic hydroxyl groups excluding tert-OH is 1. The number of aromatic nitrogens is 3. The summed E-state index contributed by atoms with van der Waals surface area (Å²) in [4.78, 5) is 18.1. The highest BCUT2D eigenvalue weighted by atomic mass is 32.1. The Hall–Kier alpha value is -1.80. The van der Waals surface area contributed by atoms with Crippen LogP contribution in [0, 0.1) is 0 Å². The molecule has 3 rings (SSSR count). The van der Waals surface area contributed by atoms with Crippen LogP contribution in [0.1, 0.15) is 16.9 Å². The number of thiazole rings is 1. The van der Waals surface area contributed by atoms with Gasteiger partial charge in [0.05, 0.1) is 25.4 Å². The third kappa shape index (κ3) is 2.68. The van der Waals surface area contributed by atoms with Crippen molar-refractivity contribution in [3.8, 4) is 10.6 Å². The van der Waals surface area contributed by atoms with Gasteiger partial charge in [-0.25, -0.2) is 9.37 Å². The summed E-state index contributed by atoms with van der Waals surface area (Å²) in [5.74, 6) is -0.333. The Bertz CT molecular complexity index is 656. The topological polar surface area (TPSA) is 71.2 Å². The second-order valence-corrected chi connectivity index (χ2v) is 5.93. The number of nitrogens with zero attached hydrogens (tertiary/aromatic N) is 4. The Labute approximate surface area is 124 Å². The molecule has 1 aliphatic rings. The van der Waals surface area contributed by atoms with E-state index in [1.807, 2.05) is 6.20 Å². The molecule has 0 aliphatic carbocycles. The van der Waals surface area contributed by atoms with Gasteiger partial charge >= 0.3 is 0 Å². The number of carbonyl (C=O) groups excluding carboxylic acids is 1. The van der Waals surface area contributed by atoms with E-state index in [1.54, 1.807) is 23.3 Å². The van der Waals surface area contributed by atoms with E-state index < -0.39 is 12.2 Å². The van der Waals surface area contributed by atoms with Crippen LogP contribution < -0.4 is 0 Å². The molecule has 1 N–H and O–H groups in total. The fourth-order valence-electron chi connectivity index (χ4n) is 2.46. The van der Waals surface area contributed by atoms with Crippen molar-refractivity contribution in [1.29, 1.82) is 0 Å². The Balaban J connectivity index is 1.81. The maximum Gasteiger partial charge on any atom is 0.273 e. The molecule has 0 aromatic carbocycles. The van der Waals surface area contributed by atoms with Gasteiger partial charge < -0.3 is 10.0 Å². The summed E-state index contributed by atoms with van der Waals surface area (Å²) in [6.45, 7) is -0.213. The summed E-state index contributed by atoms with van der Waals surface area (Å²) in [5, 5.41) is 15.7. The zero-order valence-corrected chi connectivity index (χ0v) is 12.3. The normalized spacial score (nSPS) is 22.0. The van der Waals surface area contributed by atoms with Crippen LogP contribution in [0.5, 0.6) is 0 Å². The van der Waals surface area contributed by atoms with E-state index in [9.17, 15) is 14.3 Å². The lowest BCUT2D eigenvalue weighted by atomic mass is 10.2. The lowest BCUT2D eigenvalue weighted by molar-refractivity contribution is 0.0668. The Morgan fingerprint density at radius 3 is 3.10 bits per heavy atom. The lowest BCUT2D eigenvalue weighted by Gasteiger charge is -2.21. The van der Waals surface area contributed by atoms with E-state index in [2.05, 4.69) is 10.1 Å². The van der Waals surface area contributed by atoms with Crippen molar-refractivity contribution in [1.82, 2.24) is 19.7 Å². The average molecular weight is 310 g/mol. The summed E-state index contributed by atoms with van der Waals surface area (Å²) in [6, 6.07) is -0.462. The van der Waals surface area contributed by atoms with Crippen molar-refractivity contribution < 1.29 is 14.3 Å². The predicted octanol–water partition coefficient (Wildman–Crippen LogP) is 1.09. The Morgan fingerprint density at radius 2 is 2.43 bits per heavy atom. The molecule has 2 aromatic heterocycles. The Morgan fingerprint density at radius 1 is 1.62 bits per heavy atom. The third-order valence-corrected chi connectivity index (χ3v) is 4.40. The first-order valence-electron chi connectivity index (χ1n) is 6.59. The number of carbonyl (C=O) groups is 1. The molecule has 1 amide bonds. The van der Waals surface area contributed by atoms with Crippen molar-refractivity contribution in [3.63, 3.8) is 0 Å². The number of hydrogen-bond acceptors (Lipinski definition) is 5. The minimum Gasteiger partial charge on any atom is -0.394 e. The van der Waals surface area contributed by atoms with Gasteiger partial charge in [0.25, 0.3) is 5.91 Å². The molecule has 0 saturated carbocycles. The zero-order valence-electron chi connectivity index (χ0n) is 11.4. The van der Waals surface area contributed by atoms with Gasteiger partial charge in [-0.15, -0.1) is 11.3 Å². The van der Waals surface area contributed by atoms with Crippen LogP contribution >= 0.6 is 11.3 Å². The van der Waals surface area contributed by atoms with E-state index in [0.29, 0.717) is 5.01 Å². The van der Waals surface area contributed by atoms with E-state index in [1.165, 1.54) is 16.2 Å². The number of rotatable bonds is 3. The summed E-state index contributed by atoms with van der Waals surface area (Å²) >= 11 is 1.34. The monoisotopic (exact) mass is 310 g/mol. The fourth-order valence-corrected chi connectivity index (χ4v) is 3.23. The number of likely N-dealkylation sites (tertiary alicyclic amines) is 1. The highest BCUT2D eigenvalue weighted by Crippen LogP contribution is 2.26. The summed E-state index contributed by atoms with van der Waals surface area (Å²) in [5.41, 5.74) is 1.12. The number of aliphatic hydroxyl groups is 1. The smallest absolute Gasteiger partial charge is 0.273 e. The maximum absolute atomic E-state index is 13.4. The van der Waals surface area contributed by atoms with Crippen LogP contribution in [0.15, 0.2) is 17.8 Å². The first-order valence-corrected chi connectivity index (χ1v) is 7.47. The number of halogens is 1. The van der Waals surface area contributed by atoms with E-state index in [0.717, 1.165) is 5.56 Å². The molecule has 2 atom stereocenters. The van der Waals surface area contributed by atoms with Gasteiger partial charge in [0.15, 0.2) is 0 Å². The minimum atomic E-state index is -1.08. The first-order chi connectivity index (χ1) is 10.1. The van der Waals surface area contributed by atoms with E-state index in [-0.39, 0.29) is 31.2 Å². The van der Waals surface area contributed by atoms with Gasteiger partial charge in [0.1, 0.15) is 16.9 Å². The molecule has 0 radical (unpaired) electrons. The van der Waals surface area contributed by atoms with E-state index in [4.69, 9.17) is 0 Å².